The van der Waals surface area contributed by atoms with Gasteiger partial charge in [-0.1, -0.05) is 78.9 Å². The molecule has 0 aromatic heterocycles. The summed E-state index contributed by atoms with van der Waals surface area (Å²) in [4.78, 5) is 0. The minimum Gasteiger partial charge on any atom is -0.507 e. The lowest BCUT2D eigenvalue weighted by Gasteiger charge is -2.15. The minimum atomic E-state index is 0.351. The van der Waals surface area contributed by atoms with Gasteiger partial charge in [0.1, 0.15) is 5.75 Å². The summed E-state index contributed by atoms with van der Waals surface area (Å²) >= 11 is 0. The number of hydrogen-bond donors (Lipinski definition) is 1. The van der Waals surface area contributed by atoms with Crippen molar-refractivity contribution in [3.63, 3.8) is 0 Å². The number of phenolic OH excluding ortho intramolecular Hbond substituents is 1. The van der Waals surface area contributed by atoms with Crippen LogP contribution in [0.4, 0.5) is 0 Å². The van der Waals surface area contributed by atoms with E-state index in [1.807, 2.05) is 24.3 Å². The Hall–Kier alpha value is -3.32. The molecule has 0 aliphatic heterocycles. The van der Waals surface area contributed by atoms with Crippen LogP contribution in [0.2, 0.25) is 0 Å². The third-order valence-electron chi connectivity index (χ3n) is 5.59. The van der Waals surface area contributed by atoms with Crippen LogP contribution in [0.1, 0.15) is 16.7 Å². The largest absolute Gasteiger partial charge is 0.507 e. The first-order valence-corrected chi connectivity index (χ1v) is 9.32. The molecule has 0 aliphatic carbocycles. The number of fused-ring (bicyclic) bond motifs is 3. The molecule has 0 amide bonds. The summed E-state index contributed by atoms with van der Waals surface area (Å²) in [7, 11) is 0. The fourth-order valence-electron chi connectivity index (χ4n) is 4.28. The van der Waals surface area contributed by atoms with Crippen LogP contribution < -0.4 is 0 Å². The Balaban J connectivity index is 1.79. The maximum Gasteiger partial charge on any atom is 0.123 e. The van der Waals surface area contributed by atoms with Crippen LogP contribution in [0.3, 0.4) is 0 Å². The zero-order valence-corrected chi connectivity index (χ0v) is 15.2. The van der Waals surface area contributed by atoms with Crippen LogP contribution in [-0.2, 0) is 6.42 Å². The van der Waals surface area contributed by atoms with Crippen molar-refractivity contribution in [1.82, 2.24) is 0 Å². The molecule has 1 nitrogen and oxygen atoms in total. The lowest BCUT2D eigenvalue weighted by atomic mass is 9.89. The molecule has 0 saturated carbocycles. The predicted molar refractivity (Wildman–Crippen MR) is 115 cm³/mol. The summed E-state index contributed by atoms with van der Waals surface area (Å²) in [5.74, 6) is 0.351. The van der Waals surface area contributed by atoms with E-state index in [9.17, 15) is 5.11 Å². The quantitative estimate of drug-likeness (QED) is 0.350. The maximum atomic E-state index is 10.5. The van der Waals surface area contributed by atoms with Crippen LogP contribution in [0.15, 0.2) is 84.9 Å². The molecule has 5 aromatic rings. The van der Waals surface area contributed by atoms with E-state index in [1.54, 1.807) is 0 Å². The molecule has 0 atom stereocenters. The van der Waals surface area contributed by atoms with E-state index in [4.69, 9.17) is 0 Å². The number of phenols is 1. The highest BCUT2D eigenvalue weighted by Gasteiger charge is 2.12. The molecule has 0 aliphatic rings. The highest BCUT2D eigenvalue weighted by Crippen LogP contribution is 2.35. The van der Waals surface area contributed by atoms with Gasteiger partial charge in [0, 0.05) is 5.39 Å². The van der Waals surface area contributed by atoms with E-state index in [0.717, 1.165) is 22.8 Å². The van der Waals surface area contributed by atoms with Crippen LogP contribution in [0.5, 0.6) is 5.75 Å². The van der Waals surface area contributed by atoms with E-state index in [1.165, 1.54) is 32.7 Å². The van der Waals surface area contributed by atoms with Gasteiger partial charge in [-0.3, -0.25) is 0 Å². The van der Waals surface area contributed by atoms with Gasteiger partial charge in [0.2, 0.25) is 0 Å². The van der Waals surface area contributed by atoms with Gasteiger partial charge < -0.3 is 5.11 Å². The van der Waals surface area contributed by atoms with Crippen molar-refractivity contribution in [2.75, 3.05) is 0 Å². The molecule has 1 N–H and O–H groups in total. The SMILES string of the molecule is Cc1c2ccccc2c(Cc2cc(O)c3ccccc3c2)c2ccccc12. The van der Waals surface area contributed by atoms with Crippen molar-refractivity contribution in [2.24, 2.45) is 0 Å². The second kappa shape index (κ2) is 6.14. The summed E-state index contributed by atoms with van der Waals surface area (Å²) in [6.07, 6.45) is 0.791. The van der Waals surface area contributed by atoms with Gasteiger partial charge >= 0.3 is 0 Å². The number of benzene rings is 5. The first-order valence-electron chi connectivity index (χ1n) is 9.32. The highest BCUT2D eigenvalue weighted by molar-refractivity contribution is 6.06. The Morgan fingerprint density at radius 1 is 0.630 bits per heavy atom. The van der Waals surface area contributed by atoms with Gasteiger partial charge in [-0.2, -0.15) is 0 Å². The Labute approximate surface area is 158 Å². The van der Waals surface area contributed by atoms with Crippen molar-refractivity contribution in [3.8, 4) is 5.75 Å². The highest BCUT2D eigenvalue weighted by atomic mass is 16.3. The van der Waals surface area contributed by atoms with Crippen molar-refractivity contribution < 1.29 is 5.11 Å². The summed E-state index contributed by atoms with van der Waals surface area (Å²) in [5.41, 5.74) is 3.78. The summed E-state index contributed by atoms with van der Waals surface area (Å²) in [5, 5.41) is 17.7. The molecule has 0 spiro atoms. The van der Waals surface area contributed by atoms with E-state index >= 15 is 0 Å². The third-order valence-corrected chi connectivity index (χ3v) is 5.59. The summed E-state index contributed by atoms with van der Waals surface area (Å²) in [6.45, 7) is 2.20. The van der Waals surface area contributed by atoms with Gasteiger partial charge in [0.15, 0.2) is 0 Å². The Bertz CT molecular complexity index is 1260. The molecule has 5 rings (SSSR count). The standard InChI is InChI=1S/C26H20O/c1-17-20-9-4-6-12-23(20)25(24-13-7-5-10-21(17)24)15-18-14-19-8-2-3-11-22(19)26(27)16-18/h2-14,16,27H,15H2,1H3. The van der Waals surface area contributed by atoms with Gasteiger partial charge in [0.05, 0.1) is 0 Å². The molecule has 27 heavy (non-hydrogen) atoms. The molecule has 0 saturated heterocycles. The topological polar surface area (TPSA) is 20.2 Å². The average Bonchev–Trinajstić information content (AvgIpc) is 2.71. The van der Waals surface area contributed by atoms with Gasteiger partial charge in [-0.25, -0.2) is 0 Å². The Morgan fingerprint density at radius 3 is 1.78 bits per heavy atom. The summed E-state index contributed by atoms with van der Waals surface area (Å²) < 4.78 is 0. The second-order valence-corrected chi connectivity index (χ2v) is 7.21. The van der Waals surface area contributed by atoms with Crippen LogP contribution >= 0.6 is 0 Å². The van der Waals surface area contributed by atoms with E-state index in [2.05, 4.69) is 67.6 Å². The molecule has 130 valence electrons. The van der Waals surface area contributed by atoms with Gasteiger partial charge in [0.25, 0.3) is 0 Å². The lowest BCUT2D eigenvalue weighted by molar-refractivity contribution is 0.481. The zero-order valence-electron chi connectivity index (χ0n) is 15.2. The normalized spacial score (nSPS) is 11.4. The molecule has 0 radical (unpaired) electrons. The number of hydrogen-bond acceptors (Lipinski definition) is 1. The fraction of sp³-hybridized carbons (Fsp3) is 0.0769. The number of aromatic hydroxyl groups is 1. The molecule has 0 heterocycles. The monoisotopic (exact) mass is 348 g/mol. The zero-order chi connectivity index (χ0) is 18.4. The van der Waals surface area contributed by atoms with Crippen molar-refractivity contribution in [1.29, 1.82) is 0 Å². The van der Waals surface area contributed by atoms with Crippen molar-refractivity contribution >= 4 is 32.3 Å². The third kappa shape index (κ3) is 2.55. The predicted octanol–water partition coefficient (Wildman–Crippen LogP) is 6.75. The lowest BCUT2D eigenvalue weighted by Crippen LogP contribution is -1.95. The summed E-state index contributed by atoms with van der Waals surface area (Å²) in [6, 6.07) is 29.4. The van der Waals surface area contributed by atoms with Gasteiger partial charge in [-0.15, -0.1) is 0 Å². The molecule has 5 aromatic carbocycles. The van der Waals surface area contributed by atoms with E-state index in [0.29, 0.717) is 5.75 Å². The number of aryl methyl sites for hydroxylation is 1. The average molecular weight is 348 g/mol. The first-order chi connectivity index (χ1) is 13.2. The van der Waals surface area contributed by atoms with Crippen LogP contribution in [-0.4, -0.2) is 5.11 Å². The Kier molecular flexibility index (Phi) is 3.61. The molecule has 0 unspecified atom stereocenters. The van der Waals surface area contributed by atoms with E-state index in [-0.39, 0.29) is 0 Å². The smallest absolute Gasteiger partial charge is 0.123 e. The van der Waals surface area contributed by atoms with Crippen LogP contribution in [0, 0.1) is 6.92 Å². The molecule has 0 fully saturated rings. The number of rotatable bonds is 2. The van der Waals surface area contributed by atoms with Crippen molar-refractivity contribution in [3.05, 3.63) is 102 Å². The molecular weight excluding hydrogens is 328 g/mol. The maximum absolute atomic E-state index is 10.5. The van der Waals surface area contributed by atoms with Crippen molar-refractivity contribution in [2.45, 2.75) is 13.3 Å². The minimum absolute atomic E-state index is 0.351. The second-order valence-electron chi connectivity index (χ2n) is 7.21. The Morgan fingerprint density at radius 2 is 1.15 bits per heavy atom. The molecular formula is C26H20O. The van der Waals surface area contributed by atoms with Gasteiger partial charge in [-0.05, 0) is 63.0 Å². The first kappa shape index (κ1) is 15.9. The molecule has 1 heteroatoms. The fourth-order valence-corrected chi connectivity index (χ4v) is 4.28. The van der Waals surface area contributed by atoms with Crippen LogP contribution in [0.25, 0.3) is 32.3 Å². The molecule has 0 bridgehead atoms. The van der Waals surface area contributed by atoms with E-state index < -0.39 is 0 Å².